The van der Waals surface area contributed by atoms with E-state index >= 15 is 0 Å². The van der Waals surface area contributed by atoms with Crippen LogP contribution in [0.3, 0.4) is 0 Å². The number of hydrogen-bond donors (Lipinski definition) is 2. The van der Waals surface area contributed by atoms with Crippen LogP contribution in [0.5, 0.6) is 0 Å². The minimum atomic E-state index is -4.54. The maximum Gasteiger partial charge on any atom is 0.433 e. The van der Waals surface area contributed by atoms with Gasteiger partial charge < -0.3 is 10.6 Å². The number of alkyl halides is 3. The molecule has 2 rings (SSSR count). The molecular formula is C19H25F3N4. The molecule has 142 valence electrons. The van der Waals surface area contributed by atoms with E-state index in [1.54, 1.807) is 0 Å². The van der Waals surface area contributed by atoms with Crippen LogP contribution in [0, 0.1) is 6.92 Å². The number of hydrogen-bond acceptors (Lipinski definition) is 4. The largest absolute Gasteiger partial charge is 0.433 e. The van der Waals surface area contributed by atoms with Gasteiger partial charge in [-0.25, -0.2) is 4.98 Å². The molecule has 0 radical (unpaired) electrons. The first-order chi connectivity index (χ1) is 12.1. The van der Waals surface area contributed by atoms with Gasteiger partial charge in [-0.1, -0.05) is 26.8 Å². The molecule has 0 bridgehead atoms. The van der Waals surface area contributed by atoms with Crippen molar-refractivity contribution in [3.8, 4) is 0 Å². The Bertz CT molecular complexity index is 757. The fourth-order valence-corrected chi connectivity index (χ4v) is 2.59. The molecule has 1 aromatic carbocycles. The zero-order valence-electron chi connectivity index (χ0n) is 15.7. The summed E-state index contributed by atoms with van der Waals surface area (Å²) < 4.78 is 39.5. The molecule has 7 heteroatoms. The smallest absolute Gasteiger partial charge is 0.352 e. The lowest BCUT2D eigenvalue weighted by atomic mass is 9.98. The van der Waals surface area contributed by atoms with Crippen LogP contribution in [0.25, 0.3) is 0 Å². The second-order valence-electron chi connectivity index (χ2n) is 6.76. The van der Waals surface area contributed by atoms with Crippen molar-refractivity contribution < 1.29 is 13.2 Å². The van der Waals surface area contributed by atoms with Gasteiger partial charge in [0.1, 0.15) is 5.82 Å². The normalized spacial score (nSPS) is 13.0. The molecule has 0 saturated carbocycles. The highest BCUT2D eigenvalue weighted by molar-refractivity contribution is 5.59. The number of nitrogens with zero attached hydrogens (tertiary/aromatic N) is 2. The molecule has 0 saturated heterocycles. The van der Waals surface area contributed by atoms with Crippen LogP contribution in [0.1, 0.15) is 56.9 Å². The average molecular weight is 366 g/mol. The van der Waals surface area contributed by atoms with E-state index in [-0.39, 0.29) is 17.8 Å². The highest BCUT2D eigenvalue weighted by Gasteiger charge is 2.34. The fourth-order valence-electron chi connectivity index (χ4n) is 2.59. The van der Waals surface area contributed by atoms with E-state index in [9.17, 15) is 13.2 Å². The standard InChI is InChI=1S/C19H25F3N4/c1-6-13(5)23-18-25-16(19(20,21)22)10-17(26-18)24-14-7-8-15(11(2)3)12(4)9-14/h7-11,13H,6H2,1-5H3,(H2,23,24,25,26)/t13-/m1/s1. The summed E-state index contributed by atoms with van der Waals surface area (Å²) in [4.78, 5) is 7.79. The summed E-state index contributed by atoms with van der Waals surface area (Å²) in [6.07, 6.45) is -3.79. The Balaban J connectivity index is 2.35. The topological polar surface area (TPSA) is 49.8 Å². The molecule has 0 spiro atoms. The van der Waals surface area contributed by atoms with Gasteiger partial charge in [0, 0.05) is 17.8 Å². The molecule has 0 aliphatic rings. The quantitative estimate of drug-likeness (QED) is 0.670. The third-order valence-electron chi connectivity index (χ3n) is 4.17. The van der Waals surface area contributed by atoms with E-state index in [4.69, 9.17) is 0 Å². The van der Waals surface area contributed by atoms with Crippen molar-refractivity contribution in [1.29, 1.82) is 0 Å². The van der Waals surface area contributed by atoms with Gasteiger partial charge in [0.15, 0.2) is 5.69 Å². The summed E-state index contributed by atoms with van der Waals surface area (Å²) >= 11 is 0. The van der Waals surface area contributed by atoms with E-state index in [1.807, 2.05) is 39.0 Å². The van der Waals surface area contributed by atoms with Crippen LogP contribution >= 0.6 is 0 Å². The molecule has 26 heavy (non-hydrogen) atoms. The number of halogens is 3. The molecule has 4 nitrogen and oxygen atoms in total. The molecule has 0 unspecified atom stereocenters. The van der Waals surface area contributed by atoms with Crippen molar-refractivity contribution in [2.45, 2.75) is 59.2 Å². The molecular weight excluding hydrogens is 341 g/mol. The highest BCUT2D eigenvalue weighted by Crippen LogP contribution is 2.31. The van der Waals surface area contributed by atoms with Crippen molar-refractivity contribution >= 4 is 17.5 Å². The number of nitrogens with one attached hydrogen (secondary N) is 2. The Morgan fingerprint density at radius 1 is 1.08 bits per heavy atom. The SMILES string of the molecule is CC[C@@H](C)Nc1nc(Nc2ccc(C(C)C)c(C)c2)cc(C(F)(F)F)n1. The third kappa shape index (κ3) is 5.09. The fraction of sp³-hybridized carbons (Fsp3) is 0.474. The maximum atomic E-state index is 13.2. The molecule has 2 aromatic rings. The Kier molecular flexibility index (Phi) is 6.10. The van der Waals surface area contributed by atoms with Crippen LogP contribution in [0.2, 0.25) is 0 Å². The summed E-state index contributed by atoms with van der Waals surface area (Å²) in [6.45, 7) is 9.98. The molecule has 0 aliphatic heterocycles. The molecule has 2 N–H and O–H groups in total. The maximum absolute atomic E-state index is 13.2. The summed E-state index contributed by atoms with van der Waals surface area (Å²) in [5, 5.41) is 5.87. The Hall–Kier alpha value is -2.31. The molecule has 1 atom stereocenters. The predicted molar refractivity (Wildman–Crippen MR) is 99.0 cm³/mol. The van der Waals surface area contributed by atoms with Gasteiger partial charge >= 0.3 is 6.18 Å². The first-order valence-electron chi connectivity index (χ1n) is 8.70. The molecule has 0 aliphatic carbocycles. The number of aromatic nitrogens is 2. The number of anilines is 3. The number of rotatable bonds is 6. The monoisotopic (exact) mass is 366 g/mol. The van der Waals surface area contributed by atoms with E-state index < -0.39 is 11.9 Å². The van der Waals surface area contributed by atoms with Gasteiger partial charge in [-0.15, -0.1) is 0 Å². The van der Waals surface area contributed by atoms with Gasteiger partial charge in [0.05, 0.1) is 0 Å². The highest BCUT2D eigenvalue weighted by atomic mass is 19.4. The lowest BCUT2D eigenvalue weighted by Gasteiger charge is -2.16. The van der Waals surface area contributed by atoms with Crippen molar-refractivity contribution in [1.82, 2.24) is 9.97 Å². The molecule has 0 fully saturated rings. The van der Waals surface area contributed by atoms with E-state index in [0.717, 1.165) is 18.1 Å². The van der Waals surface area contributed by atoms with Crippen molar-refractivity contribution in [2.24, 2.45) is 0 Å². The minimum Gasteiger partial charge on any atom is -0.352 e. The second kappa shape index (κ2) is 7.93. The predicted octanol–water partition coefficient (Wildman–Crippen LogP) is 5.88. The van der Waals surface area contributed by atoms with Gasteiger partial charge in [-0.3, -0.25) is 0 Å². The number of benzene rings is 1. The zero-order chi connectivity index (χ0) is 19.5. The van der Waals surface area contributed by atoms with Gasteiger partial charge in [0.2, 0.25) is 5.95 Å². The molecule has 1 aromatic heterocycles. The van der Waals surface area contributed by atoms with Gasteiger partial charge in [-0.05, 0) is 49.4 Å². The van der Waals surface area contributed by atoms with E-state index in [1.165, 1.54) is 5.56 Å². The Labute approximate surface area is 152 Å². The summed E-state index contributed by atoms with van der Waals surface area (Å²) in [5.41, 5.74) is 1.99. The average Bonchev–Trinajstić information content (AvgIpc) is 2.53. The summed E-state index contributed by atoms with van der Waals surface area (Å²) in [7, 11) is 0. The van der Waals surface area contributed by atoms with Crippen molar-refractivity contribution in [3.63, 3.8) is 0 Å². The Morgan fingerprint density at radius 3 is 2.31 bits per heavy atom. The van der Waals surface area contributed by atoms with Gasteiger partial charge in [-0.2, -0.15) is 18.2 Å². The van der Waals surface area contributed by atoms with Gasteiger partial charge in [0.25, 0.3) is 0 Å². The summed E-state index contributed by atoms with van der Waals surface area (Å²) in [5.74, 6) is 0.452. The first-order valence-corrected chi connectivity index (χ1v) is 8.70. The summed E-state index contributed by atoms with van der Waals surface area (Å²) in [6, 6.07) is 6.63. The van der Waals surface area contributed by atoms with E-state index in [0.29, 0.717) is 11.6 Å². The minimum absolute atomic E-state index is 0.0288. The van der Waals surface area contributed by atoms with E-state index in [2.05, 4.69) is 34.4 Å². The van der Waals surface area contributed by atoms with Crippen LogP contribution in [-0.4, -0.2) is 16.0 Å². The van der Waals surface area contributed by atoms with Crippen LogP contribution in [-0.2, 0) is 6.18 Å². The van der Waals surface area contributed by atoms with Crippen LogP contribution in [0.4, 0.5) is 30.6 Å². The number of aryl methyl sites for hydroxylation is 1. The lowest BCUT2D eigenvalue weighted by molar-refractivity contribution is -0.141. The van der Waals surface area contributed by atoms with Crippen LogP contribution < -0.4 is 10.6 Å². The molecule has 0 amide bonds. The lowest BCUT2D eigenvalue weighted by Crippen LogP contribution is -2.18. The zero-order valence-corrected chi connectivity index (χ0v) is 15.7. The molecule has 1 heterocycles. The Morgan fingerprint density at radius 2 is 1.77 bits per heavy atom. The third-order valence-corrected chi connectivity index (χ3v) is 4.17. The van der Waals surface area contributed by atoms with Crippen molar-refractivity contribution in [2.75, 3.05) is 10.6 Å². The first kappa shape index (κ1) is 20.0. The van der Waals surface area contributed by atoms with Crippen molar-refractivity contribution in [3.05, 3.63) is 41.1 Å². The van der Waals surface area contributed by atoms with Crippen LogP contribution in [0.15, 0.2) is 24.3 Å². The second-order valence-corrected chi connectivity index (χ2v) is 6.76.